The van der Waals surface area contributed by atoms with E-state index in [9.17, 15) is 13.2 Å². The first-order chi connectivity index (χ1) is 7.56. The van der Waals surface area contributed by atoms with Gasteiger partial charge in [-0.2, -0.15) is 0 Å². The van der Waals surface area contributed by atoms with E-state index in [1.54, 1.807) is 27.7 Å². The molecule has 0 spiro atoms. The average Bonchev–Trinajstić information content (AvgIpc) is 2.12. The van der Waals surface area contributed by atoms with Crippen LogP contribution in [0.5, 0.6) is 0 Å². The quantitative estimate of drug-likeness (QED) is 0.562. The van der Waals surface area contributed by atoms with Gasteiger partial charge < -0.3 is 4.74 Å². The summed E-state index contributed by atoms with van der Waals surface area (Å²) in [7, 11) is -3.16. The van der Waals surface area contributed by atoms with Crippen LogP contribution in [0.4, 0.5) is 0 Å². The van der Waals surface area contributed by atoms with Crippen LogP contribution >= 0.6 is 0 Å². The summed E-state index contributed by atoms with van der Waals surface area (Å²) in [5, 5.41) is 1.11. The Balaban J connectivity index is 4.29. The molecule has 0 aromatic heterocycles. The number of allylic oxidation sites excluding steroid dienone is 1. The molecular formula is C12H21O4S+. The molecule has 1 unspecified atom stereocenters. The Morgan fingerprint density at radius 1 is 1.41 bits per heavy atom. The summed E-state index contributed by atoms with van der Waals surface area (Å²) in [6.45, 7) is 10.6. The second-order valence-corrected chi connectivity index (χ2v) is 7.01. The molecule has 0 aromatic rings. The number of carbonyl (C=O) groups excluding carboxylic acids is 1. The Hall–Kier alpha value is -0.970. The summed E-state index contributed by atoms with van der Waals surface area (Å²) in [6.07, 6.45) is 1.50. The second kappa shape index (κ2) is 6.10. The second-order valence-electron chi connectivity index (χ2n) is 4.83. The number of sulfone groups is 1. The van der Waals surface area contributed by atoms with Gasteiger partial charge in [0.2, 0.25) is 0 Å². The lowest BCUT2D eigenvalue weighted by Crippen LogP contribution is -2.24. The number of ether oxygens (including phenoxy) is 1. The highest BCUT2D eigenvalue weighted by molar-refractivity contribution is 7.94. The highest BCUT2D eigenvalue weighted by Gasteiger charge is 2.20. The van der Waals surface area contributed by atoms with E-state index in [-0.39, 0.29) is 18.1 Å². The molecule has 0 radical (unpaired) electrons. The van der Waals surface area contributed by atoms with Gasteiger partial charge in [0.25, 0.3) is 0 Å². The first kappa shape index (κ1) is 16.0. The molecule has 0 aliphatic rings. The van der Waals surface area contributed by atoms with Crippen LogP contribution in [0, 0.1) is 12.8 Å². The third-order valence-electron chi connectivity index (χ3n) is 1.81. The van der Waals surface area contributed by atoms with E-state index in [0.29, 0.717) is 0 Å². The maximum Gasteiger partial charge on any atom is 0.311 e. The Bertz CT molecular complexity index is 374. The third kappa shape index (κ3) is 8.80. The van der Waals surface area contributed by atoms with Crippen LogP contribution in [0.15, 0.2) is 11.5 Å². The number of hydrogen-bond acceptors (Lipinski definition) is 4. The van der Waals surface area contributed by atoms with E-state index in [1.165, 1.54) is 6.08 Å². The summed E-state index contributed by atoms with van der Waals surface area (Å²) >= 11 is 0. The van der Waals surface area contributed by atoms with Crippen LogP contribution in [-0.4, -0.2) is 25.7 Å². The molecule has 0 N–H and O–H groups in total. The molecule has 0 heterocycles. The minimum atomic E-state index is -3.16. The van der Waals surface area contributed by atoms with Gasteiger partial charge in [-0.25, -0.2) is 8.42 Å². The third-order valence-corrected chi connectivity index (χ3v) is 3.19. The van der Waals surface area contributed by atoms with E-state index < -0.39 is 21.4 Å². The lowest BCUT2D eigenvalue weighted by atomic mass is 10.1. The van der Waals surface area contributed by atoms with Crippen molar-refractivity contribution in [2.24, 2.45) is 5.92 Å². The van der Waals surface area contributed by atoms with Crippen LogP contribution in [0.1, 0.15) is 34.1 Å². The zero-order valence-electron chi connectivity index (χ0n) is 10.9. The van der Waals surface area contributed by atoms with Crippen molar-refractivity contribution in [3.05, 3.63) is 18.4 Å². The van der Waals surface area contributed by atoms with Crippen LogP contribution < -0.4 is 0 Å². The lowest BCUT2D eigenvalue weighted by Gasteiger charge is -2.19. The Labute approximate surface area is 104 Å². The van der Waals surface area contributed by atoms with Crippen molar-refractivity contribution in [3.63, 3.8) is 0 Å². The van der Waals surface area contributed by atoms with Gasteiger partial charge in [-0.05, 0) is 26.8 Å². The van der Waals surface area contributed by atoms with Crippen molar-refractivity contribution >= 4 is 15.8 Å². The molecule has 0 amide bonds. The van der Waals surface area contributed by atoms with E-state index in [4.69, 9.17) is 4.74 Å². The van der Waals surface area contributed by atoms with Gasteiger partial charge in [0.05, 0.1) is 19.1 Å². The summed E-state index contributed by atoms with van der Waals surface area (Å²) < 4.78 is 27.5. The van der Waals surface area contributed by atoms with Crippen molar-refractivity contribution < 1.29 is 17.9 Å². The summed E-state index contributed by atoms with van der Waals surface area (Å²) in [6, 6.07) is 0. The minimum Gasteiger partial charge on any atom is -0.460 e. The standard InChI is InChI=1S/C12H21O4S/c1-6-17(14,15)8-7-10(2)9-11(13)16-12(3,4)5/h7-8,10H,2,6,9H2,1,3-5H3/q+1/b8-7+. The molecule has 0 aliphatic carbocycles. The van der Waals surface area contributed by atoms with Crippen molar-refractivity contribution in [3.8, 4) is 0 Å². The number of hydrogen-bond donors (Lipinski definition) is 0. The van der Waals surface area contributed by atoms with Crippen LogP contribution in [0.3, 0.4) is 0 Å². The minimum absolute atomic E-state index is 0.0443. The fraction of sp³-hybridized carbons (Fsp3) is 0.667. The molecular weight excluding hydrogens is 240 g/mol. The Kier molecular flexibility index (Phi) is 5.75. The highest BCUT2D eigenvalue weighted by atomic mass is 32.2. The van der Waals surface area contributed by atoms with Gasteiger partial charge in [-0.3, -0.25) is 4.79 Å². The normalized spacial score (nSPS) is 14.8. The Morgan fingerprint density at radius 3 is 2.35 bits per heavy atom. The van der Waals surface area contributed by atoms with E-state index in [0.717, 1.165) is 5.41 Å². The molecule has 0 bridgehead atoms. The SMILES string of the molecule is [CH2+]C(/C=C/S(=O)(=O)CC)CC(=O)OC(C)(C)C. The lowest BCUT2D eigenvalue weighted by molar-refractivity contribution is -0.155. The molecule has 98 valence electrons. The van der Waals surface area contributed by atoms with Gasteiger partial charge in [0.15, 0.2) is 9.84 Å². The van der Waals surface area contributed by atoms with Gasteiger partial charge in [0, 0.05) is 5.41 Å². The highest BCUT2D eigenvalue weighted by Crippen LogP contribution is 2.12. The van der Waals surface area contributed by atoms with Gasteiger partial charge in [0.1, 0.15) is 11.5 Å². The fourth-order valence-corrected chi connectivity index (χ4v) is 1.65. The number of esters is 1. The molecule has 4 nitrogen and oxygen atoms in total. The van der Waals surface area contributed by atoms with Gasteiger partial charge in [-0.15, -0.1) is 0 Å². The van der Waals surface area contributed by atoms with E-state index in [1.807, 2.05) is 0 Å². The molecule has 0 fully saturated rings. The number of carbonyl (C=O) groups is 1. The van der Waals surface area contributed by atoms with E-state index in [2.05, 4.69) is 6.92 Å². The molecule has 0 rings (SSSR count). The summed E-state index contributed by atoms with van der Waals surface area (Å²) in [5.74, 6) is -0.731. The topological polar surface area (TPSA) is 60.4 Å². The zero-order valence-corrected chi connectivity index (χ0v) is 11.7. The fourth-order valence-electron chi connectivity index (χ4n) is 0.992. The van der Waals surface area contributed by atoms with Crippen LogP contribution in [0.2, 0.25) is 0 Å². The molecule has 0 saturated heterocycles. The van der Waals surface area contributed by atoms with Gasteiger partial charge >= 0.3 is 5.97 Å². The van der Waals surface area contributed by atoms with Crippen LogP contribution in [-0.2, 0) is 19.4 Å². The van der Waals surface area contributed by atoms with Crippen molar-refractivity contribution in [2.75, 3.05) is 5.75 Å². The zero-order chi connectivity index (χ0) is 13.7. The molecule has 17 heavy (non-hydrogen) atoms. The largest absolute Gasteiger partial charge is 0.460 e. The summed E-state index contributed by atoms with van der Waals surface area (Å²) in [4.78, 5) is 11.4. The van der Waals surface area contributed by atoms with Crippen molar-refractivity contribution in [2.45, 2.75) is 39.7 Å². The maximum absolute atomic E-state index is 11.4. The predicted molar refractivity (Wildman–Crippen MR) is 67.9 cm³/mol. The first-order valence-electron chi connectivity index (χ1n) is 5.51. The average molecular weight is 261 g/mol. The van der Waals surface area contributed by atoms with Crippen molar-refractivity contribution in [1.29, 1.82) is 0 Å². The smallest absolute Gasteiger partial charge is 0.311 e. The molecule has 0 aliphatic heterocycles. The first-order valence-corrected chi connectivity index (χ1v) is 7.23. The maximum atomic E-state index is 11.4. The van der Waals surface area contributed by atoms with Crippen molar-refractivity contribution in [1.82, 2.24) is 0 Å². The van der Waals surface area contributed by atoms with Gasteiger partial charge in [-0.1, -0.05) is 6.92 Å². The van der Waals surface area contributed by atoms with Crippen LogP contribution in [0.25, 0.3) is 0 Å². The Morgan fingerprint density at radius 2 is 1.94 bits per heavy atom. The molecule has 0 saturated carbocycles. The number of rotatable bonds is 5. The summed E-state index contributed by atoms with van der Waals surface area (Å²) in [5.41, 5.74) is -0.532. The molecule has 0 aromatic carbocycles. The monoisotopic (exact) mass is 261 g/mol. The predicted octanol–water partition coefficient (Wildman–Crippen LogP) is 2.12. The van der Waals surface area contributed by atoms with E-state index >= 15 is 0 Å². The molecule has 5 heteroatoms. The molecule has 1 atom stereocenters.